The highest BCUT2D eigenvalue weighted by Crippen LogP contribution is 2.42. The van der Waals surface area contributed by atoms with Gasteiger partial charge in [0, 0.05) is 27.2 Å². The first kappa shape index (κ1) is 15.6. The van der Waals surface area contributed by atoms with Gasteiger partial charge in [-0.25, -0.2) is 4.79 Å². The molecule has 124 valence electrons. The molecule has 0 spiro atoms. The average molecular weight is 349 g/mol. The molecule has 0 saturated heterocycles. The van der Waals surface area contributed by atoms with Crippen LogP contribution in [0.5, 0.6) is 5.75 Å². The normalized spacial score (nSPS) is 11.1. The van der Waals surface area contributed by atoms with E-state index in [2.05, 4.69) is 4.98 Å². The molecule has 0 saturated carbocycles. The fourth-order valence-electron chi connectivity index (χ4n) is 3.00. The quantitative estimate of drug-likeness (QED) is 0.557. The van der Waals surface area contributed by atoms with E-state index in [1.54, 1.807) is 13.3 Å². The largest absolute Gasteiger partial charge is 0.497 e. The van der Waals surface area contributed by atoms with Crippen molar-refractivity contribution in [1.29, 1.82) is 0 Å². The van der Waals surface area contributed by atoms with Crippen molar-refractivity contribution in [3.8, 4) is 16.9 Å². The summed E-state index contributed by atoms with van der Waals surface area (Å²) in [5, 5.41) is 11.5. The number of pyridine rings is 1. The molecule has 5 heteroatoms. The Morgan fingerprint density at radius 3 is 2.56 bits per heavy atom. The van der Waals surface area contributed by atoms with Crippen molar-refractivity contribution in [3.63, 3.8) is 0 Å². The zero-order valence-electron chi connectivity index (χ0n) is 13.7. The van der Waals surface area contributed by atoms with Crippen LogP contribution in [0.3, 0.4) is 0 Å². The molecule has 0 bridgehead atoms. The molecule has 25 heavy (non-hydrogen) atoms. The number of carboxylic acid groups (broad SMARTS) is 1. The minimum absolute atomic E-state index is 0.330. The Bertz CT molecular complexity index is 1110. The third-order valence-electron chi connectivity index (χ3n) is 4.26. The van der Waals surface area contributed by atoms with Crippen LogP contribution in [0.4, 0.5) is 0 Å². The summed E-state index contributed by atoms with van der Waals surface area (Å²) in [6.07, 6.45) is 1.77. The maximum Gasteiger partial charge on any atom is 0.346 e. The smallest absolute Gasteiger partial charge is 0.346 e. The molecule has 4 nitrogen and oxygen atoms in total. The number of carbonyl (C=O) groups is 1. The number of thiophene rings is 1. The van der Waals surface area contributed by atoms with Gasteiger partial charge in [0.2, 0.25) is 0 Å². The van der Waals surface area contributed by atoms with Crippen LogP contribution in [-0.2, 0) is 0 Å². The summed E-state index contributed by atoms with van der Waals surface area (Å²) in [5.41, 5.74) is 3.57. The Hall–Kier alpha value is -2.92. The van der Waals surface area contributed by atoms with Gasteiger partial charge in [0.15, 0.2) is 0 Å². The fraction of sp³-hybridized carbons (Fsp3) is 0.100. The van der Waals surface area contributed by atoms with Gasteiger partial charge in [0.05, 0.1) is 12.6 Å². The predicted molar refractivity (Wildman–Crippen MR) is 101 cm³/mol. The average Bonchev–Trinajstić information content (AvgIpc) is 3.02. The van der Waals surface area contributed by atoms with Crippen LogP contribution < -0.4 is 4.74 Å². The summed E-state index contributed by atoms with van der Waals surface area (Å²) in [7, 11) is 1.61. The van der Waals surface area contributed by atoms with Crippen molar-refractivity contribution in [2.24, 2.45) is 0 Å². The number of aryl methyl sites for hydroxylation is 1. The zero-order chi connectivity index (χ0) is 17.6. The van der Waals surface area contributed by atoms with E-state index < -0.39 is 5.97 Å². The van der Waals surface area contributed by atoms with Gasteiger partial charge >= 0.3 is 5.97 Å². The van der Waals surface area contributed by atoms with Crippen LogP contribution in [0.2, 0.25) is 0 Å². The van der Waals surface area contributed by atoms with Gasteiger partial charge in [0.1, 0.15) is 10.6 Å². The summed E-state index contributed by atoms with van der Waals surface area (Å²) < 4.78 is 6.23. The van der Waals surface area contributed by atoms with E-state index in [-0.39, 0.29) is 0 Å². The number of rotatable bonds is 3. The first-order valence-corrected chi connectivity index (χ1v) is 8.59. The van der Waals surface area contributed by atoms with Gasteiger partial charge in [-0.15, -0.1) is 11.3 Å². The first-order chi connectivity index (χ1) is 12.1. The Balaban J connectivity index is 2.10. The van der Waals surface area contributed by atoms with E-state index in [1.165, 1.54) is 11.3 Å². The molecule has 2 heterocycles. The van der Waals surface area contributed by atoms with E-state index in [0.717, 1.165) is 43.4 Å². The zero-order valence-corrected chi connectivity index (χ0v) is 14.6. The molecule has 4 rings (SSSR count). The van der Waals surface area contributed by atoms with Crippen molar-refractivity contribution >= 4 is 38.3 Å². The van der Waals surface area contributed by atoms with Crippen LogP contribution >= 0.6 is 11.3 Å². The number of aromatic nitrogens is 1. The lowest BCUT2D eigenvalue weighted by molar-refractivity contribution is 0.0703. The molecule has 0 unspecified atom stereocenters. The van der Waals surface area contributed by atoms with Gasteiger partial charge < -0.3 is 9.84 Å². The van der Waals surface area contributed by atoms with Gasteiger partial charge in [0.25, 0.3) is 0 Å². The summed E-state index contributed by atoms with van der Waals surface area (Å²) in [6.45, 7) is 2.01. The number of carboxylic acids is 1. The molecule has 0 fully saturated rings. The third-order valence-corrected chi connectivity index (χ3v) is 5.49. The number of ether oxygens (including phenoxy) is 1. The van der Waals surface area contributed by atoms with Gasteiger partial charge in [-0.1, -0.05) is 29.8 Å². The van der Waals surface area contributed by atoms with Gasteiger partial charge in [-0.2, -0.15) is 0 Å². The molecule has 0 amide bonds. The summed E-state index contributed by atoms with van der Waals surface area (Å²) in [4.78, 5) is 16.7. The maximum atomic E-state index is 11.9. The number of hydrogen-bond donors (Lipinski definition) is 1. The second kappa shape index (κ2) is 5.86. The highest BCUT2D eigenvalue weighted by atomic mass is 32.1. The third kappa shape index (κ3) is 2.53. The Kier molecular flexibility index (Phi) is 3.66. The van der Waals surface area contributed by atoms with E-state index in [9.17, 15) is 9.90 Å². The van der Waals surface area contributed by atoms with E-state index >= 15 is 0 Å². The van der Waals surface area contributed by atoms with Crippen LogP contribution in [0.1, 0.15) is 15.2 Å². The molecule has 0 aliphatic carbocycles. The van der Waals surface area contributed by atoms with Crippen LogP contribution in [0.15, 0.2) is 48.7 Å². The summed E-state index contributed by atoms with van der Waals surface area (Å²) >= 11 is 1.28. The van der Waals surface area contributed by atoms with Crippen LogP contribution in [0.25, 0.3) is 32.1 Å². The van der Waals surface area contributed by atoms with Crippen molar-refractivity contribution in [3.05, 3.63) is 59.1 Å². The second-order valence-corrected chi connectivity index (χ2v) is 6.88. The molecular formula is C20H15NO3S. The molecule has 0 aliphatic heterocycles. The fourth-order valence-corrected chi connectivity index (χ4v) is 4.15. The lowest BCUT2D eigenvalue weighted by Crippen LogP contribution is -1.94. The lowest BCUT2D eigenvalue weighted by Gasteiger charge is -2.05. The van der Waals surface area contributed by atoms with Crippen LogP contribution in [0, 0.1) is 6.92 Å². The number of nitrogens with zero attached hydrogens (tertiary/aromatic N) is 1. The van der Waals surface area contributed by atoms with Crippen LogP contribution in [-0.4, -0.2) is 23.2 Å². The molecular weight excluding hydrogens is 334 g/mol. The maximum absolute atomic E-state index is 11.9. The number of hydrogen-bond acceptors (Lipinski definition) is 4. The van der Waals surface area contributed by atoms with Gasteiger partial charge in [-0.3, -0.25) is 4.98 Å². The minimum Gasteiger partial charge on any atom is -0.497 e. The Morgan fingerprint density at radius 1 is 1.12 bits per heavy atom. The van der Waals surface area contributed by atoms with Crippen molar-refractivity contribution in [1.82, 2.24) is 4.98 Å². The minimum atomic E-state index is -0.923. The topological polar surface area (TPSA) is 59.4 Å². The number of benzene rings is 2. The highest BCUT2D eigenvalue weighted by molar-refractivity contribution is 7.22. The lowest BCUT2D eigenvalue weighted by atomic mass is 10.0. The van der Waals surface area contributed by atoms with Crippen molar-refractivity contribution < 1.29 is 14.6 Å². The van der Waals surface area contributed by atoms with E-state index in [1.807, 2.05) is 49.4 Å². The predicted octanol–water partition coefficient (Wildman–Crippen LogP) is 5.13. The number of fused-ring (bicyclic) bond motifs is 3. The summed E-state index contributed by atoms with van der Waals surface area (Å²) in [6, 6.07) is 13.5. The standard InChI is InChI=1S/C20H15NO3S/c1-11-3-5-12(6-4-11)17-15-10-21-16-8-7-13(24-2)9-14(16)18(15)25-19(17)20(22)23/h3-10H,1-2H3,(H,22,23). The molecule has 0 aliphatic rings. The second-order valence-electron chi connectivity index (χ2n) is 5.86. The van der Waals surface area contributed by atoms with E-state index in [4.69, 9.17) is 4.74 Å². The first-order valence-electron chi connectivity index (χ1n) is 7.78. The molecule has 2 aromatic heterocycles. The molecule has 2 aromatic carbocycles. The summed E-state index contributed by atoms with van der Waals surface area (Å²) in [5.74, 6) is -0.197. The molecule has 0 radical (unpaired) electrons. The highest BCUT2D eigenvalue weighted by Gasteiger charge is 2.21. The molecule has 4 aromatic rings. The number of aromatic carboxylic acids is 1. The SMILES string of the molecule is COc1ccc2ncc3c(-c4ccc(C)cc4)c(C(=O)O)sc3c2c1. The van der Waals surface area contributed by atoms with E-state index in [0.29, 0.717) is 4.88 Å². The Labute approximate surface area is 148 Å². The van der Waals surface area contributed by atoms with Crippen molar-refractivity contribution in [2.45, 2.75) is 6.92 Å². The molecule has 1 N–H and O–H groups in total. The molecule has 0 atom stereocenters. The Morgan fingerprint density at radius 2 is 1.88 bits per heavy atom. The number of methoxy groups -OCH3 is 1. The van der Waals surface area contributed by atoms with Crippen molar-refractivity contribution in [2.75, 3.05) is 7.11 Å². The monoisotopic (exact) mass is 349 g/mol. The van der Waals surface area contributed by atoms with Gasteiger partial charge in [-0.05, 0) is 30.7 Å².